The first-order chi connectivity index (χ1) is 6.20. The summed E-state index contributed by atoms with van der Waals surface area (Å²) >= 11 is 0. The average Bonchev–Trinajstić information content (AvgIpc) is 2.45. The van der Waals surface area contributed by atoms with Gasteiger partial charge in [-0.25, -0.2) is 9.78 Å². The van der Waals surface area contributed by atoms with Gasteiger partial charge in [0.15, 0.2) is 5.69 Å². The van der Waals surface area contributed by atoms with Crippen LogP contribution in [0.25, 0.3) is 5.52 Å². The summed E-state index contributed by atoms with van der Waals surface area (Å²) in [5.74, 6) is -0.881. The number of rotatable bonds is 1. The number of carboxylic acids is 1. The fraction of sp³-hybridized carbons (Fsp3) is 0. The lowest BCUT2D eigenvalue weighted by Crippen LogP contribution is -1.97. The van der Waals surface area contributed by atoms with E-state index in [9.17, 15) is 4.79 Å². The molecule has 0 aromatic carbocycles. The molecule has 5 nitrogen and oxygen atoms in total. The van der Waals surface area contributed by atoms with Gasteiger partial charge in [0.25, 0.3) is 0 Å². The van der Waals surface area contributed by atoms with Crippen LogP contribution in [0.3, 0.4) is 0 Å². The zero-order valence-electron chi connectivity index (χ0n) is 6.64. The van der Waals surface area contributed by atoms with E-state index < -0.39 is 5.97 Å². The zero-order chi connectivity index (χ0) is 9.42. The highest BCUT2D eigenvalue weighted by atomic mass is 16.4. The van der Waals surface area contributed by atoms with Gasteiger partial charge in [0.05, 0.1) is 5.52 Å². The number of anilines is 1. The number of hydrogen-bond donors (Lipinski definition) is 2. The van der Waals surface area contributed by atoms with Gasteiger partial charge in [-0.3, -0.25) is 4.40 Å². The molecule has 13 heavy (non-hydrogen) atoms. The standard InChI is InChI=1S/C8H7N3O2/c9-8-10-6(7(12)13)5-3-1-2-4-11(5)8/h1-4H,(H2,9,10)(H,12,13). The molecule has 2 rings (SSSR count). The molecule has 0 fully saturated rings. The number of pyridine rings is 1. The number of nitrogens with zero attached hydrogens (tertiary/aromatic N) is 2. The van der Waals surface area contributed by atoms with Crippen LogP contribution in [-0.4, -0.2) is 20.5 Å². The van der Waals surface area contributed by atoms with Gasteiger partial charge in [-0.05, 0) is 12.1 Å². The van der Waals surface area contributed by atoms with Gasteiger partial charge in [0.2, 0.25) is 5.95 Å². The van der Waals surface area contributed by atoms with Crippen LogP contribution >= 0.6 is 0 Å². The molecule has 0 aliphatic heterocycles. The van der Waals surface area contributed by atoms with Crippen molar-refractivity contribution in [3.63, 3.8) is 0 Å². The molecule has 0 bridgehead atoms. The third-order valence-corrected chi connectivity index (χ3v) is 1.78. The monoisotopic (exact) mass is 177 g/mol. The molecule has 2 aromatic heterocycles. The number of carbonyl (C=O) groups is 1. The first-order valence-corrected chi connectivity index (χ1v) is 3.66. The van der Waals surface area contributed by atoms with Gasteiger partial charge in [0, 0.05) is 6.20 Å². The maximum absolute atomic E-state index is 10.7. The number of nitrogen functional groups attached to an aromatic ring is 1. The molecule has 3 N–H and O–H groups in total. The Morgan fingerprint density at radius 1 is 1.54 bits per heavy atom. The third-order valence-electron chi connectivity index (χ3n) is 1.78. The van der Waals surface area contributed by atoms with Crippen molar-refractivity contribution in [1.82, 2.24) is 9.38 Å². The Balaban J connectivity index is 2.85. The first-order valence-electron chi connectivity index (χ1n) is 3.66. The van der Waals surface area contributed by atoms with Crippen molar-refractivity contribution in [2.45, 2.75) is 0 Å². The fourth-order valence-electron chi connectivity index (χ4n) is 1.22. The van der Waals surface area contributed by atoms with E-state index >= 15 is 0 Å². The molecule has 0 saturated heterocycles. The number of nitrogens with two attached hydrogens (primary N) is 1. The van der Waals surface area contributed by atoms with Crippen molar-refractivity contribution in [2.75, 3.05) is 5.73 Å². The Morgan fingerprint density at radius 3 is 3.00 bits per heavy atom. The van der Waals surface area contributed by atoms with E-state index in [4.69, 9.17) is 10.8 Å². The topological polar surface area (TPSA) is 80.6 Å². The van der Waals surface area contributed by atoms with Crippen LogP contribution in [0.1, 0.15) is 10.5 Å². The summed E-state index contributed by atoms with van der Waals surface area (Å²) in [5, 5.41) is 8.76. The third kappa shape index (κ3) is 1.01. The maximum atomic E-state index is 10.7. The van der Waals surface area contributed by atoms with E-state index in [1.54, 1.807) is 24.4 Å². The largest absolute Gasteiger partial charge is 0.476 e. The Kier molecular flexibility index (Phi) is 1.45. The van der Waals surface area contributed by atoms with Gasteiger partial charge in [-0.2, -0.15) is 0 Å². The molecule has 66 valence electrons. The molecule has 2 heterocycles. The first kappa shape index (κ1) is 7.60. The number of aromatic carboxylic acids is 1. The summed E-state index contributed by atoms with van der Waals surface area (Å²) in [6.45, 7) is 0. The second-order valence-corrected chi connectivity index (χ2v) is 2.58. The van der Waals surface area contributed by atoms with Crippen molar-refractivity contribution < 1.29 is 9.90 Å². The van der Waals surface area contributed by atoms with E-state index in [0.717, 1.165) is 0 Å². The summed E-state index contributed by atoms with van der Waals surface area (Å²) in [7, 11) is 0. The Bertz CT molecular complexity index is 475. The maximum Gasteiger partial charge on any atom is 0.356 e. The minimum Gasteiger partial charge on any atom is -0.476 e. The van der Waals surface area contributed by atoms with Crippen molar-refractivity contribution >= 4 is 17.4 Å². The van der Waals surface area contributed by atoms with Crippen molar-refractivity contribution in [3.05, 3.63) is 30.1 Å². The smallest absolute Gasteiger partial charge is 0.356 e. The molecule has 0 aliphatic carbocycles. The molecule has 0 aliphatic rings. The van der Waals surface area contributed by atoms with Crippen LogP contribution in [0, 0.1) is 0 Å². The molecule has 0 amide bonds. The van der Waals surface area contributed by atoms with Crippen LogP contribution in [0.4, 0.5) is 5.95 Å². The van der Waals surface area contributed by atoms with Gasteiger partial charge >= 0.3 is 5.97 Å². The number of hydrogen-bond acceptors (Lipinski definition) is 3. The lowest BCUT2D eigenvalue weighted by atomic mass is 10.3. The number of fused-ring (bicyclic) bond motifs is 1. The van der Waals surface area contributed by atoms with Crippen LogP contribution < -0.4 is 5.73 Å². The summed E-state index contributed by atoms with van der Waals surface area (Å²) < 4.78 is 1.53. The molecule has 5 heteroatoms. The molecule has 2 aromatic rings. The number of imidazole rings is 1. The van der Waals surface area contributed by atoms with Gasteiger partial charge in [-0.1, -0.05) is 6.07 Å². The van der Waals surface area contributed by atoms with E-state index in [1.807, 2.05) is 0 Å². The molecule has 0 spiro atoms. The van der Waals surface area contributed by atoms with Crippen molar-refractivity contribution in [2.24, 2.45) is 0 Å². The highest BCUT2D eigenvalue weighted by Gasteiger charge is 2.13. The second kappa shape index (κ2) is 2.48. The number of carboxylic acid groups (broad SMARTS) is 1. The van der Waals surface area contributed by atoms with Crippen LogP contribution in [0.2, 0.25) is 0 Å². The summed E-state index contributed by atoms with van der Waals surface area (Å²) in [4.78, 5) is 14.4. The van der Waals surface area contributed by atoms with Crippen LogP contribution in [0.5, 0.6) is 0 Å². The minimum absolute atomic E-state index is 0.0156. The van der Waals surface area contributed by atoms with Crippen molar-refractivity contribution in [3.8, 4) is 0 Å². The van der Waals surface area contributed by atoms with Gasteiger partial charge in [0.1, 0.15) is 0 Å². The summed E-state index contributed by atoms with van der Waals surface area (Å²) in [5.41, 5.74) is 5.99. The molecule has 0 radical (unpaired) electrons. The Labute approximate surface area is 73.4 Å². The molecule has 0 atom stereocenters. The summed E-state index contributed by atoms with van der Waals surface area (Å²) in [6, 6.07) is 5.16. The summed E-state index contributed by atoms with van der Waals surface area (Å²) in [6.07, 6.45) is 1.67. The van der Waals surface area contributed by atoms with E-state index in [1.165, 1.54) is 4.40 Å². The number of aromatic nitrogens is 2. The van der Waals surface area contributed by atoms with Crippen molar-refractivity contribution in [1.29, 1.82) is 0 Å². The highest BCUT2D eigenvalue weighted by molar-refractivity contribution is 5.94. The predicted octanol–water partition coefficient (Wildman–Crippen LogP) is 0.615. The lowest BCUT2D eigenvalue weighted by molar-refractivity contribution is 0.0693. The van der Waals surface area contributed by atoms with Gasteiger partial charge in [-0.15, -0.1) is 0 Å². The van der Waals surface area contributed by atoms with E-state index in [0.29, 0.717) is 5.52 Å². The Morgan fingerprint density at radius 2 is 2.31 bits per heavy atom. The molecular formula is C8H7N3O2. The zero-order valence-corrected chi connectivity index (χ0v) is 6.64. The highest BCUT2D eigenvalue weighted by Crippen LogP contribution is 2.13. The molecular weight excluding hydrogens is 170 g/mol. The molecule has 0 unspecified atom stereocenters. The normalized spacial score (nSPS) is 10.5. The quantitative estimate of drug-likeness (QED) is 0.668. The molecule has 0 saturated carbocycles. The minimum atomic E-state index is -1.07. The SMILES string of the molecule is Nc1nc(C(=O)O)c2ccccn12. The van der Waals surface area contributed by atoms with Crippen LogP contribution in [0.15, 0.2) is 24.4 Å². The lowest BCUT2D eigenvalue weighted by Gasteiger charge is -1.92. The second-order valence-electron chi connectivity index (χ2n) is 2.58. The predicted molar refractivity (Wildman–Crippen MR) is 46.6 cm³/mol. The average molecular weight is 177 g/mol. The van der Waals surface area contributed by atoms with E-state index in [2.05, 4.69) is 4.98 Å². The van der Waals surface area contributed by atoms with E-state index in [-0.39, 0.29) is 11.6 Å². The van der Waals surface area contributed by atoms with Gasteiger partial charge < -0.3 is 10.8 Å². The Hall–Kier alpha value is -2.04. The van der Waals surface area contributed by atoms with Crippen LogP contribution in [-0.2, 0) is 0 Å². The fourth-order valence-corrected chi connectivity index (χ4v) is 1.22.